The summed E-state index contributed by atoms with van der Waals surface area (Å²) in [5.74, 6) is -1.81. The third kappa shape index (κ3) is 3.68. The molecule has 0 aliphatic carbocycles. The molecule has 0 saturated heterocycles. The molecule has 1 aromatic carbocycles. The Morgan fingerprint density at radius 1 is 1.37 bits per heavy atom. The van der Waals surface area contributed by atoms with E-state index in [0.29, 0.717) is 3.95 Å². The molecule has 0 atom stereocenters. The number of hydrogen-bond donors (Lipinski definition) is 2. The summed E-state index contributed by atoms with van der Waals surface area (Å²) in [6.45, 7) is 1.82. The van der Waals surface area contributed by atoms with Crippen molar-refractivity contribution >= 4 is 35.1 Å². The van der Waals surface area contributed by atoms with Gasteiger partial charge in [0.05, 0.1) is 6.42 Å². The van der Waals surface area contributed by atoms with E-state index >= 15 is 0 Å². The molecule has 2 rings (SSSR count). The minimum absolute atomic E-state index is 0.0966. The van der Waals surface area contributed by atoms with Crippen LogP contribution in [0.1, 0.15) is 10.6 Å². The van der Waals surface area contributed by atoms with E-state index in [-0.39, 0.29) is 18.0 Å². The van der Waals surface area contributed by atoms with Crippen molar-refractivity contribution in [2.75, 3.05) is 5.32 Å². The molecule has 100 valence electrons. The van der Waals surface area contributed by atoms with Crippen molar-refractivity contribution in [2.24, 2.45) is 0 Å². The molecule has 0 bridgehead atoms. The molecule has 2 aromatic rings. The number of halogens is 2. The van der Waals surface area contributed by atoms with Gasteiger partial charge in [0, 0.05) is 22.3 Å². The highest BCUT2D eigenvalue weighted by molar-refractivity contribution is 7.73. The zero-order valence-electron chi connectivity index (χ0n) is 9.92. The number of hydrogen-bond acceptors (Lipinski definition) is 3. The van der Waals surface area contributed by atoms with Gasteiger partial charge >= 0.3 is 0 Å². The largest absolute Gasteiger partial charge is 0.341 e. The van der Waals surface area contributed by atoms with Crippen LogP contribution in [0.4, 0.5) is 14.5 Å². The van der Waals surface area contributed by atoms with Crippen molar-refractivity contribution in [3.05, 3.63) is 44.4 Å². The number of carbonyl (C=O) groups excluding carboxylic acids is 1. The zero-order chi connectivity index (χ0) is 14.0. The lowest BCUT2D eigenvalue weighted by Crippen LogP contribution is -2.14. The Bertz CT molecular complexity index is 658. The second kappa shape index (κ2) is 5.58. The van der Waals surface area contributed by atoms with Crippen LogP contribution in [0, 0.1) is 22.5 Å². The summed E-state index contributed by atoms with van der Waals surface area (Å²) < 4.78 is 26.5. The Hall–Kier alpha value is -1.60. The van der Waals surface area contributed by atoms with Crippen LogP contribution in [0.15, 0.2) is 18.2 Å². The standard InChI is InChI=1S/C12H10F2N2OS2/c1-6-10(19-12(18)15-6)5-11(17)16-9-3-7(13)2-8(14)4-9/h2-4H,5H2,1H3,(H,15,18)(H,16,17). The minimum atomic E-state index is -0.733. The number of anilines is 1. The molecule has 7 heteroatoms. The summed E-state index contributed by atoms with van der Waals surface area (Å²) in [6, 6.07) is 2.87. The molecule has 1 heterocycles. The van der Waals surface area contributed by atoms with Gasteiger partial charge in [0.25, 0.3) is 0 Å². The molecular formula is C12H10F2N2OS2. The molecule has 0 unspecified atom stereocenters. The van der Waals surface area contributed by atoms with Gasteiger partial charge in [-0.25, -0.2) is 8.78 Å². The lowest BCUT2D eigenvalue weighted by molar-refractivity contribution is -0.115. The Morgan fingerprint density at radius 2 is 2.00 bits per heavy atom. The number of benzene rings is 1. The molecule has 0 aliphatic rings. The van der Waals surface area contributed by atoms with Crippen LogP contribution in [0.2, 0.25) is 0 Å². The van der Waals surface area contributed by atoms with Crippen molar-refractivity contribution < 1.29 is 13.6 Å². The molecule has 2 N–H and O–H groups in total. The van der Waals surface area contributed by atoms with Crippen molar-refractivity contribution in [1.82, 2.24) is 4.98 Å². The number of thiazole rings is 1. The third-order valence-electron chi connectivity index (χ3n) is 2.39. The highest BCUT2D eigenvalue weighted by Crippen LogP contribution is 2.17. The van der Waals surface area contributed by atoms with Crippen LogP contribution in [0.5, 0.6) is 0 Å². The highest BCUT2D eigenvalue weighted by Gasteiger charge is 2.10. The van der Waals surface area contributed by atoms with Gasteiger partial charge in [-0.05, 0) is 31.3 Å². The van der Waals surface area contributed by atoms with Crippen LogP contribution in [0.3, 0.4) is 0 Å². The van der Waals surface area contributed by atoms with Crippen molar-refractivity contribution in [1.29, 1.82) is 0 Å². The fourth-order valence-electron chi connectivity index (χ4n) is 1.58. The van der Waals surface area contributed by atoms with Crippen molar-refractivity contribution in [3.63, 3.8) is 0 Å². The van der Waals surface area contributed by atoms with Crippen molar-refractivity contribution in [2.45, 2.75) is 13.3 Å². The number of aromatic nitrogens is 1. The molecule has 0 aliphatic heterocycles. The lowest BCUT2D eigenvalue weighted by Gasteiger charge is -2.05. The van der Waals surface area contributed by atoms with Gasteiger partial charge < -0.3 is 10.3 Å². The minimum Gasteiger partial charge on any atom is -0.341 e. The maximum absolute atomic E-state index is 13.0. The van der Waals surface area contributed by atoms with E-state index in [0.717, 1.165) is 28.8 Å². The van der Waals surface area contributed by atoms with Gasteiger partial charge in [0.15, 0.2) is 3.95 Å². The van der Waals surface area contributed by atoms with Gasteiger partial charge in [-0.2, -0.15) is 0 Å². The molecule has 0 fully saturated rings. The lowest BCUT2D eigenvalue weighted by atomic mass is 10.2. The average Bonchev–Trinajstić information content (AvgIpc) is 2.55. The van der Waals surface area contributed by atoms with Gasteiger partial charge in [0.2, 0.25) is 5.91 Å². The number of carbonyl (C=O) groups is 1. The first kappa shape index (κ1) is 13.8. The van der Waals surface area contributed by atoms with E-state index < -0.39 is 11.6 Å². The monoisotopic (exact) mass is 300 g/mol. The zero-order valence-corrected chi connectivity index (χ0v) is 11.6. The summed E-state index contributed by atoms with van der Waals surface area (Å²) in [5, 5.41) is 2.45. The first-order chi connectivity index (χ1) is 8.94. The van der Waals surface area contributed by atoms with Crippen LogP contribution >= 0.6 is 23.6 Å². The van der Waals surface area contributed by atoms with E-state index in [1.807, 2.05) is 6.92 Å². The summed E-state index contributed by atoms with van der Waals surface area (Å²) in [7, 11) is 0. The summed E-state index contributed by atoms with van der Waals surface area (Å²) >= 11 is 6.28. The molecule has 0 saturated carbocycles. The average molecular weight is 300 g/mol. The van der Waals surface area contributed by atoms with E-state index in [1.54, 1.807) is 0 Å². The Kier molecular flexibility index (Phi) is 4.06. The van der Waals surface area contributed by atoms with Gasteiger partial charge in [-0.1, -0.05) is 0 Å². The fraction of sp³-hybridized carbons (Fsp3) is 0.167. The Morgan fingerprint density at radius 3 is 2.53 bits per heavy atom. The van der Waals surface area contributed by atoms with Crippen LogP contribution in [-0.4, -0.2) is 10.9 Å². The summed E-state index contributed by atoms with van der Waals surface area (Å²) in [6.07, 6.45) is 0.113. The normalized spacial score (nSPS) is 10.5. The molecule has 0 radical (unpaired) electrons. The fourth-order valence-corrected chi connectivity index (χ4v) is 2.87. The molecule has 0 spiro atoms. The van der Waals surface area contributed by atoms with E-state index in [4.69, 9.17) is 12.2 Å². The Balaban J connectivity index is 2.09. The topological polar surface area (TPSA) is 44.9 Å². The first-order valence-electron chi connectivity index (χ1n) is 5.38. The predicted molar refractivity (Wildman–Crippen MR) is 72.9 cm³/mol. The first-order valence-corrected chi connectivity index (χ1v) is 6.61. The molecule has 1 aromatic heterocycles. The highest BCUT2D eigenvalue weighted by atomic mass is 32.1. The third-order valence-corrected chi connectivity index (χ3v) is 3.73. The van der Waals surface area contributed by atoms with Crippen molar-refractivity contribution in [3.8, 4) is 0 Å². The van der Waals surface area contributed by atoms with Crippen LogP contribution in [0.25, 0.3) is 0 Å². The molecule has 3 nitrogen and oxygen atoms in total. The van der Waals surface area contributed by atoms with Crippen LogP contribution in [-0.2, 0) is 11.2 Å². The van der Waals surface area contributed by atoms with E-state index in [9.17, 15) is 13.6 Å². The quantitative estimate of drug-likeness (QED) is 0.851. The molecular weight excluding hydrogens is 290 g/mol. The van der Waals surface area contributed by atoms with Crippen LogP contribution < -0.4 is 5.32 Å². The van der Waals surface area contributed by atoms with Gasteiger partial charge in [-0.3, -0.25) is 4.79 Å². The number of aromatic amines is 1. The Labute approximate surface area is 117 Å². The second-order valence-electron chi connectivity index (χ2n) is 3.95. The van der Waals surface area contributed by atoms with E-state index in [1.165, 1.54) is 11.3 Å². The number of aryl methyl sites for hydroxylation is 1. The predicted octanol–water partition coefficient (Wildman–Crippen LogP) is 3.57. The summed E-state index contributed by atoms with van der Waals surface area (Å²) in [4.78, 5) is 15.5. The summed E-state index contributed by atoms with van der Waals surface area (Å²) in [5.41, 5.74) is 0.926. The molecule has 1 amide bonds. The SMILES string of the molecule is Cc1[nH]c(=S)sc1CC(=O)Nc1cc(F)cc(F)c1. The number of H-pyrrole nitrogens is 1. The second-order valence-corrected chi connectivity index (χ2v) is 5.72. The number of nitrogens with one attached hydrogen (secondary N) is 2. The smallest absolute Gasteiger partial charge is 0.229 e. The van der Waals surface area contributed by atoms with Gasteiger partial charge in [-0.15, -0.1) is 11.3 Å². The maximum atomic E-state index is 13.0. The van der Waals surface area contributed by atoms with Gasteiger partial charge in [0.1, 0.15) is 11.6 Å². The number of amides is 1. The number of rotatable bonds is 3. The molecule has 19 heavy (non-hydrogen) atoms. The van der Waals surface area contributed by atoms with E-state index in [2.05, 4.69) is 10.3 Å². The maximum Gasteiger partial charge on any atom is 0.229 e.